The van der Waals surface area contributed by atoms with Crippen molar-refractivity contribution in [3.8, 4) is 11.1 Å². The summed E-state index contributed by atoms with van der Waals surface area (Å²) in [5.74, 6) is 0. The molecule has 0 amide bonds. The SMILES string of the molecule is CCC1(CC)CCCc2c1ncc1c2c2c3c4c(c5c6c7c(ncc6n1c25)C(CC)(CC)CCC7)C(C)(C)C(C)(C)c1cc(C(C)(C)C)cc(c1-4)C(C)(C)C3(C)C. The van der Waals surface area contributed by atoms with Crippen molar-refractivity contribution >= 4 is 38.1 Å². The first-order valence-electron chi connectivity index (χ1n) is 23.0. The quantitative estimate of drug-likeness (QED) is 0.179. The average Bonchev–Trinajstić information content (AvgIpc) is 3.70. The normalized spacial score (nSPS) is 21.9. The van der Waals surface area contributed by atoms with Crippen LogP contribution in [0.25, 0.3) is 49.2 Å². The molecule has 0 atom stereocenters. The lowest BCUT2D eigenvalue weighted by Crippen LogP contribution is -2.50. The van der Waals surface area contributed by atoms with E-state index in [1.165, 1.54) is 91.9 Å². The van der Waals surface area contributed by atoms with Crippen LogP contribution in [0.3, 0.4) is 0 Å². The molecule has 3 heteroatoms. The Hall–Kier alpha value is -3.46. The third-order valence-electron chi connectivity index (χ3n) is 18.9. The zero-order valence-electron chi connectivity index (χ0n) is 38.2. The summed E-state index contributed by atoms with van der Waals surface area (Å²) in [7, 11) is 0. The number of rotatable bonds is 4. The Morgan fingerprint density at radius 3 is 1.33 bits per heavy atom. The second-order valence-corrected chi connectivity index (χ2v) is 22.6. The van der Waals surface area contributed by atoms with E-state index in [-0.39, 0.29) is 37.9 Å². The number of hydrogen-bond acceptors (Lipinski definition) is 2. The molecule has 0 fully saturated rings. The summed E-state index contributed by atoms with van der Waals surface area (Å²) >= 11 is 0. The minimum atomic E-state index is -0.156. The Morgan fingerprint density at radius 2 is 0.965 bits per heavy atom. The summed E-state index contributed by atoms with van der Waals surface area (Å²) < 4.78 is 2.70. The first kappa shape index (κ1) is 37.8. The van der Waals surface area contributed by atoms with Crippen LogP contribution in [0.15, 0.2) is 24.5 Å². The summed E-state index contributed by atoms with van der Waals surface area (Å²) in [4.78, 5) is 11.2. The zero-order chi connectivity index (χ0) is 40.8. The molecule has 4 aliphatic carbocycles. The average molecular weight is 760 g/mol. The molecule has 0 N–H and O–H groups in total. The molecule has 300 valence electrons. The smallest absolute Gasteiger partial charge is 0.0728 e. The summed E-state index contributed by atoms with van der Waals surface area (Å²) in [6.07, 6.45) is 16.4. The Labute approximate surface area is 343 Å². The van der Waals surface area contributed by atoms with Crippen molar-refractivity contribution in [1.82, 2.24) is 14.4 Å². The van der Waals surface area contributed by atoms with Gasteiger partial charge in [-0.25, -0.2) is 0 Å². The highest BCUT2D eigenvalue weighted by molar-refractivity contribution is 6.29. The van der Waals surface area contributed by atoms with E-state index in [9.17, 15) is 0 Å². The van der Waals surface area contributed by atoms with Gasteiger partial charge in [-0.05, 0) is 131 Å². The summed E-state index contributed by atoms with van der Waals surface area (Å²) in [5, 5.41) is 6.07. The Bertz CT molecular complexity index is 2540. The maximum absolute atomic E-state index is 5.59. The van der Waals surface area contributed by atoms with Gasteiger partial charge >= 0.3 is 0 Å². The first-order chi connectivity index (χ1) is 26.7. The predicted molar refractivity (Wildman–Crippen MR) is 243 cm³/mol. The maximum atomic E-state index is 5.59. The predicted octanol–water partition coefficient (Wildman–Crippen LogP) is 14.5. The second-order valence-electron chi connectivity index (χ2n) is 22.6. The van der Waals surface area contributed by atoms with Gasteiger partial charge in [0.1, 0.15) is 0 Å². The van der Waals surface area contributed by atoms with Crippen LogP contribution in [0.5, 0.6) is 0 Å². The van der Waals surface area contributed by atoms with E-state index in [2.05, 4.69) is 133 Å². The molecule has 2 aromatic carbocycles. The van der Waals surface area contributed by atoms with Crippen molar-refractivity contribution in [2.75, 3.05) is 0 Å². The standard InChI is InChI=1S/C54H69N3/c1-16-53(17-2)24-20-22-31-37-35(28-55-46(31)53)57-36-29-56-47-32(23-21-25-54(47,18-3)19-4)38(36)42-44-40-39-33(49(8,9)51(12,13)43(40)41(37)45(42)57)26-30(48(5,6)7)27-34(39)50(10,11)52(44,14)15/h26-29H,16-25H2,1-15H3. The van der Waals surface area contributed by atoms with E-state index in [1.54, 1.807) is 33.4 Å². The molecule has 0 saturated heterocycles. The monoisotopic (exact) mass is 760 g/mol. The number of benzene rings is 2. The summed E-state index contributed by atoms with van der Waals surface area (Å²) in [5.41, 5.74) is 20.6. The lowest BCUT2D eigenvalue weighted by atomic mass is 9.46. The molecular weight excluding hydrogens is 691 g/mol. The van der Waals surface area contributed by atoms with E-state index in [4.69, 9.17) is 9.97 Å². The van der Waals surface area contributed by atoms with Gasteiger partial charge in [0.2, 0.25) is 0 Å². The molecule has 3 nitrogen and oxygen atoms in total. The molecule has 0 spiro atoms. The highest BCUT2D eigenvalue weighted by Crippen LogP contribution is 2.68. The number of hydrogen-bond donors (Lipinski definition) is 0. The van der Waals surface area contributed by atoms with Crippen LogP contribution in [0.1, 0.15) is 206 Å². The van der Waals surface area contributed by atoms with Crippen LogP contribution in [0.4, 0.5) is 0 Å². The molecule has 4 aromatic heterocycles. The number of nitrogens with zero attached hydrogens (tertiary/aromatic N) is 3. The zero-order valence-corrected chi connectivity index (χ0v) is 38.2. The van der Waals surface area contributed by atoms with Crippen molar-refractivity contribution in [3.63, 3.8) is 0 Å². The molecule has 10 rings (SSSR count). The van der Waals surface area contributed by atoms with Crippen LogP contribution < -0.4 is 0 Å². The van der Waals surface area contributed by atoms with Gasteiger partial charge in [-0.2, -0.15) is 0 Å². The van der Waals surface area contributed by atoms with Gasteiger partial charge in [0.25, 0.3) is 0 Å². The van der Waals surface area contributed by atoms with Crippen molar-refractivity contribution in [1.29, 1.82) is 0 Å². The van der Waals surface area contributed by atoms with Crippen molar-refractivity contribution in [2.45, 2.75) is 206 Å². The van der Waals surface area contributed by atoms with Crippen LogP contribution in [-0.4, -0.2) is 14.4 Å². The molecule has 6 aromatic rings. The van der Waals surface area contributed by atoms with E-state index in [0.29, 0.717) is 0 Å². The lowest BCUT2D eigenvalue weighted by molar-refractivity contribution is 0.278. The molecule has 4 heterocycles. The largest absolute Gasteiger partial charge is 0.305 e. The van der Waals surface area contributed by atoms with Crippen LogP contribution >= 0.6 is 0 Å². The van der Waals surface area contributed by atoms with Gasteiger partial charge < -0.3 is 4.40 Å². The summed E-state index contributed by atoms with van der Waals surface area (Å²) in [6, 6.07) is 5.29. The third kappa shape index (κ3) is 4.12. The highest BCUT2D eigenvalue weighted by atomic mass is 15.0. The first-order valence-corrected chi connectivity index (χ1v) is 23.0. The number of aromatic nitrogens is 3. The van der Waals surface area contributed by atoms with Crippen molar-refractivity contribution < 1.29 is 0 Å². The molecule has 0 unspecified atom stereocenters. The molecular formula is C54H69N3. The van der Waals surface area contributed by atoms with E-state index >= 15 is 0 Å². The number of aryl methyl sites for hydroxylation is 2. The molecule has 4 aliphatic rings. The third-order valence-corrected chi connectivity index (χ3v) is 18.9. The van der Waals surface area contributed by atoms with Gasteiger partial charge in [0, 0.05) is 43.2 Å². The fourth-order valence-corrected chi connectivity index (χ4v) is 13.6. The number of fused-ring (bicyclic) bond motifs is 12. The minimum absolute atomic E-state index is 0.0468. The fraction of sp³-hybridized carbons (Fsp3) is 0.593. The van der Waals surface area contributed by atoms with Crippen LogP contribution in [0.2, 0.25) is 0 Å². The van der Waals surface area contributed by atoms with Crippen LogP contribution in [0, 0.1) is 0 Å². The van der Waals surface area contributed by atoms with Gasteiger partial charge in [0.15, 0.2) is 0 Å². The van der Waals surface area contributed by atoms with E-state index in [1.807, 2.05) is 0 Å². The van der Waals surface area contributed by atoms with Gasteiger partial charge in [0.05, 0.1) is 40.3 Å². The molecule has 0 saturated carbocycles. The fourth-order valence-electron chi connectivity index (χ4n) is 13.6. The molecule has 0 radical (unpaired) electrons. The van der Waals surface area contributed by atoms with Gasteiger partial charge in [-0.1, -0.05) is 116 Å². The Balaban J connectivity index is 1.55. The Morgan fingerprint density at radius 1 is 0.561 bits per heavy atom. The molecule has 0 aliphatic heterocycles. The van der Waals surface area contributed by atoms with E-state index in [0.717, 1.165) is 38.5 Å². The highest BCUT2D eigenvalue weighted by Gasteiger charge is 2.57. The second kappa shape index (κ2) is 11.2. The van der Waals surface area contributed by atoms with E-state index < -0.39 is 0 Å². The number of pyridine rings is 2. The minimum Gasteiger partial charge on any atom is -0.305 e. The Kier molecular flexibility index (Phi) is 7.44. The molecule has 0 bridgehead atoms. The van der Waals surface area contributed by atoms with Gasteiger partial charge in [-0.3, -0.25) is 9.97 Å². The van der Waals surface area contributed by atoms with Crippen LogP contribution in [-0.2, 0) is 50.7 Å². The van der Waals surface area contributed by atoms with Crippen molar-refractivity contribution in [3.05, 3.63) is 74.9 Å². The summed E-state index contributed by atoms with van der Waals surface area (Å²) in [6.45, 7) is 37.6. The molecule has 57 heavy (non-hydrogen) atoms. The maximum Gasteiger partial charge on any atom is 0.0728 e. The lowest BCUT2D eigenvalue weighted by Gasteiger charge is -2.57. The van der Waals surface area contributed by atoms with Crippen molar-refractivity contribution in [2.24, 2.45) is 0 Å². The van der Waals surface area contributed by atoms with Gasteiger partial charge in [-0.15, -0.1) is 0 Å². The topological polar surface area (TPSA) is 30.2 Å².